The molecule has 168 valence electrons. The third-order valence-electron chi connectivity index (χ3n) is 6.19. The Bertz CT molecular complexity index is 1280. The number of aromatic nitrogens is 4. The quantitative estimate of drug-likeness (QED) is 0.310. The lowest BCUT2D eigenvalue weighted by Gasteiger charge is -2.29. The molecule has 33 heavy (non-hydrogen) atoms. The highest BCUT2D eigenvalue weighted by Gasteiger charge is 2.34. The minimum atomic E-state index is -0.176. The molecule has 1 unspecified atom stereocenters. The number of hydrogen-bond donors (Lipinski definition) is 0. The second-order valence-corrected chi connectivity index (χ2v) is 8.87. The molecule has 1 aliphatic carbocycles. The van der Waals surface area contributed by atoms with Crippen molar-refractivity contribution in [2.45, 2.75) is 45.1 Å². The second kappa shape index (κ2) is 9.37. The van der Waals surface area contributed by atoms with Crippen LogP contribution in [0.2, 0.25) is 0 Å². The van der Waals surface area contributed by atoms with Crippen molar-refractivity contribution in [2.75, 3.05) is 0 Å². The van der Waals surface area contributed by atoms with E-state index in [0.717, 1.165) is 29.8 Å². The highest BCUT2D eigenvalue weighted by atomic mass is 32.1. The van der Waals surface area contributed by atoms with Gasteiger partial charge in [-0.1, -0.05) is 48.5 Å². The van der Waals surface area contributed by atoms with Crippen molar-refractivity contribution >= 4 is 12.2 Å². The van der Waals surface area contributed by atoms with E-state index in [1.807, 2.05) is 53.3 Å². The third-order valence-corrected chi connectivity index (χ3v) is 6.62. The molecule has 1 saturated carbocycles. The van der Waals surface area contributed by atoms with Gasteiger partial charge in [-0.25, -0.2) is 9.07 Å². The average Bonchev–Trinajstić information content (AvgIpc) is 3.65. The number of benzene rings is 2. The van der Waals surface area contributed by atoms with E-state index in [2.05, 4.69) is 33.5 Å². The fraction of sp³-hybridized carbons (Fsp3) is 0.269. The van der Waals surface area contributed by atoms with Crippen molar-refractivity contribution in [1.82, 2.24) is 24.2 Å². The molecular formula is C26H26FN5S. The van der Waals surface area contributed by atoms with Gasteiger partial charge in [0.2, 0.25) is 0 Å². The molecule has 2 heterocycles. The summed E-state index contributed by atoms with van der Waals surface area (Å²) in [7, 11) is 0. The van der Waals surface area contributed by atoms with Crippen LogP contribution in [0.5, 0.6) is 0 Å². The van der Waals surface area contributed by atoms with E-state index in [4.69, 9.17) is 17.3 Å². The lowest BCUT2D eigenvalue weighted by Crippen LogP contribution is -2.32. The molecule has 0 amide bonds. The lowest BCUT2D eigenvalue weighted by molar-refractivity contribution is 0.139. The van der Waals surface area contributed by atoms with Crippen LogP contribution in [0.15, 0.2) is 79.1 Å². The van der Waals surface area contributed by atoms with Gasteiger partial charge in [-0.2, -0.15) is 5.10 Å². The van der Waals surface area contributed by atoms with Gasteiger partial charge < -0.3 is 0 Å². The third kappa shape index (κ3) is 4.65. The van der Waals surface area contributed by atoms with Gasteiger partial charge in [0.1, 0.15) is 5.82 Å². The average molecular weight is 460 g/mol. The van der Waals surface area contributed by atoms with Gasteiger partial charge in [0.15, 0.2) is 10.6 Å². The van der Waals surface area contributed by atoms with Crippen molar-refractivity contribution in [3.05, 3.63) is 101 Å². The Morgan fingerprint density at radius 3 is 2.52 bits per heavy atom. The molecule has 1 atom stereocenters. The highest BCUT2D eigenvalue weighted by molar-refractivity contribution is 7.71. The van der Waals surface area contributed by atoms with E-state index in [-0.39, 0.29) is 11.9 Å². The molecule has 5 rings (SSSR count). The molecule has 0 N–H and O–H groups in total. The Morgan fingerprint density at radius 2 is 1.82 bits per heavy atom. The Morgan fingerprint density at radius 1 is 1.06 bits per heavy atom. The largest absolute Gasteiger partial charge is 0.295 e. The first-order chi connectivity index (χ1) is 16.1. The number of halogens is 1. The smallest absolute Gasteiger partial charge is 0.199 e. The topological polar surface area (TPSA) is 38.9 Å². The zero-order valence-electron chi connectivity index (χ0n) is 18.5. The molecule has 5 nitrogen and oxygen atoms in total. The first kappa shape index (κ1) is 21.7. The number of rotatable bonds is 8. The summed E-state index contributed by atoms with van der Waals surface area (Å²) in [5.41, 5.74) is 2.77. The Balaban J connectivity index is 1.52. The summed E-state index contributed by atoms with van der Waals surface area (Å²) in [6, 6.07) is 21.5. The van der Waals surface area contributed by atoms with Crippen LogP contribution in [-0.4, -0.2) is 30.3 Å². The molecule has 0 saturated heterocycles. The van der Waals surface area contributed by atoms with Gasteiger partial charge in [0.05, 0.1) is 13.2 Å². The summed E-state index contributed by atoms with van der Waals surface area (Å²) in [6.07, 6.45) is 5.77. The molecule has 0 spiro atoms. The number of pyridine rings is 1. The Labute approximate surface area is 198 Å². The maximum absolute atomic E-state index is 14.6. The number of hydrogen-bond acceptors (Lipinski definition) is 4. The molecular weight excluding hydrogens is 433 g/mol. The first-order valence-corrected chi connectivity index (χ1v) is 11.6. The van der Waals surface area contributed by atoms with Crippen LogP contribution < -0.4 is 0 Å². The molecule has 7 heteroatoms. The monoisotopic (exact) mass is 459 g/mol. The molecule has 1 fully saturated rings. The maximum atomic E-state index is 14.6. The highest BCUT2D eigenvalue weighted by Crippen LogP contribution is 2.35. The summed E-state index contributed by atoms with van der Waals surface area (Å²) in [5, 5.41) is 4.92. The van der Waals surface area contributed by atoms with Crippen LogP contribution in [-0.2, 0) is 13.2 Å². The SMILES string of the molecule is CC(c1ccccc1F)N(Cn1nc(-c2cccnc2)n(Cc2ccccc2)c1=S)C1CC1. The van der Waals surface area contributed by atoms with E-state index in [0.29, 0.717) is 29.6 Å². The summed E-state index contributed by atoms with van der Waals surface area (Å²) < 4.78 is 19.1. The van der Waals surface area contributed by atoms with Crippen LogP contribution in [0.25, 0.3) is 11.4 Å². The minimum absolute atomic E-state index is 0.0817. The predicted molar refractivity (Wildman–Crippen MR) is 130 cm³/mol. The Kier molecular flexibility index (Phi) is 6.15. The standard InChI is InChI=1S/C26H26FN5S/c1-19(23-11-5-6-12-24(23)27)31(22-13-14-22)18-32-26(33)30(17-20-8-3-2-4-9-20)25(29-32)21-10-7-15-28-16-21/h2-12,15-16,19,22H,13-14,17-18H2,1H3. The van der Waals surface area contributed by atoms with Crippen LogP contribution in [0.3, 0.4) is 0 Å². The summed E-state index contributed by atoms with van der Waals surface area (Å²) in [6.45, 7) is 3.19. The van der Waals surface area contributed by atoms with Crippen LogP contribution in [0.4, 0.5) is 4.39 Å². The fourth-order valence-electron chi connectivity index (χ4n) is 4.26. The van der Waals surface area contributed by atoms with Gasteiger partial charge in [0, 0.05) is 35.6 Å². The van der Waals surface area contributed by atoms with Crippen molar-refractivity contribution in [2.24, 2.45) is 0 Å². The second-order valence-electron chi connectivity index (χ2n) is 8.50. The van der Waals surface area contributed by atoms with Crippen molar-refractivity contribution in [3.63, 3.8) is 0 Å². The molecule has 2 aromatic carbocycles. The first-order valence-electron chi connectivity index (χ1n) is 11.2. The van der Waals surface area contributed by atoms with E-state index in [9.17, 15) is 4.39 Å². The van der Waals surface area contributed by atoms with Gasteiger partial charge >= 0.3 is 0 Å². The zero-order valence-corrected chi connectivity index (χ0v) is 19.3. The van der Waals surface area contributed by atoms with E-state index >= 15 is 0 Å². The van der Waals surface area contributed by atoms with Gasteiger partial charge in [-0.3, -0.25) is 14.5 Å². The van der Waals surface area contributed by atoms with Gasteiger partial charge in [-0.15, -0.1) is 0 Å². The number of nitrogens with zero attached hydrogens (tertiary/aromatic N) is 5. The van der Waals surface area contributed by atoms with Crippen molar-refractivity contribution < 1.29 is 4.39 Å². The van der Waals surface area contributed by atoms with Gasteiger partial charge in [0.25, 0.3) is 0 Å². The zero-order chi connectivity index (χ0) is 22.8. The van der Waals surface area contributed by atoms with Crippen molar-refractivity contribution in [1.29, 1.82) is 0 Å². The summed E-state index contributed by atoms with van der Waals surface area (Å²) in [5.74, 6) is 0.608. The molecule has 0 aliphatic heterocycles. The molecule has 0 radical (unpaired) electrons. The van der Waals surface area contributed by atoms with Crippen LogP contribution in [0.1, 0.15) is 36.9 Å². The van der Waals surface area contributed by atoms with E-state index in [1.54, 1.807) is 12.3 Å². The lowest BCUT2D eigenvalue weighted by atomic mass is 10.1. The predicted octanol–water partition coefficient (Wildman–Crippen LogP) is 5.85. The van der Waals surface area contributed by atoms with E-state index in [1.165, 1.54) is 6.07 Å². The molecule has 0 bridgehead atoms. The molecule has 2 aromatic heterocycles. The van der Waals surface area contributed by atoms with Crippen molar-refractivity contribution in [3.8, 4) is 11.4 Å². The van der Waals surface area contributed by atoms with Gasteiger partial charge in [-0.05, 0) is 55.7 Å². The molecule has 4 aromatic rings. The Hall–Kier alpha value is -3.16. The molecule has 1 aliphatic rings. The summed E-state index contributed by atoms with van der Waals surface area (Å²) >= 11 is 5.91. The minimum Gasteiger partial charge on any atom is -0.295 e. The summed E-state index contributed by atoms with van der Waals surface area (Å²) in [4.78, 5) is 6.58. The van der Waals surface area contributed by atoms with Crippen LogP contribution in [0, 0.1) is 10.6 Å². The normalized spacial score (nSPS) is 14.5. The maximum Gasteiger partial charge on any atom is 0.199 e. The fourth-order valence-corrected chi connectivity index (χ4v) is 4.51. The van der Waals surface area contributed by atoms with E-state index < -0.39 is 0 Å². The van der Waals surface area contributed by atoms with Crippen LogP contribution >= 0.6 is 12.2 Å².